The van der Waals surface area contributed by atoms with Crippen molar-refractivity contribution in [1.82, 2.24) is 0 Å². The lowest BCUT2D eigenvalue weighted by molar-refractivity contribution is -0.172. The minimum Gasteiger partial charge on any atom is -0.478 e. The molecule has 0 saturated heterocycles. The maximum Gasteiger partial charge on any atom is 0.478 e. The minimum absolute atomic E-state index is 0.361. The lowest BCUT2D eigenvalue weighted by atomic mass is 10.4. The molecule has 0 fully saturated rings. The molecule has 16 heteroatoms. The molecule has 0 aliphatic heterocycles. The monoisotopic (exact) mass is 648 g/mol. The Bertz CT molecular complexity index is 654. The number of aliphatic hydroxyl groups is 2. The third kappa shape index (κ3) is 25.2. The maximum atomic E-state index is 10.4. The SMILES string of the molecule is C=CC(=O)O.C[Si](C)(C)O[SiH](CCCOC(O[Si](C)(O[Si](C)(C)C)O[Si](C)(C)C)C(O)CO)O[Si](C)(C)C. The van der Waals surface area contributed by atoms with Crippen LogP contribution >= 0.6 is 0 Å². The molecule has 0 bridgehead atoms. The Labute approximate surface area is 238 Å². The van der Waals surface area contributed by atoms with Crippen molar-refractivity contribution in [2.75, 3.05) is 13.2 Å². The van der Waals surface area contributed by atoms with E-state index in [1.807, 2.05) is 6.55 Å². The molecule has 0 radical (unpaired) electrons. The second-order valence-electron chi connectivity index (χ2n) is 13.0. The Morgan fingerprint density at radius 3 is 1.53 bits per heavy atom. The molecule has 0 rings (SSSR count). The van der Waals surface area contributed by atoms with Crippen LogP contribution in [0, 0.1) is 0 Å². The standard InChI is InChI=1S/C19H52O8Si6.C3H4O2/c1-29(2,3)24-28(25-30(4,5)6)16-14-15-22-19(18(21)17-20)23-33(13,26-31(7,8)9)27-32(10,11)12;1-2-3(4)5/h18-21,28H,14-17H2,1-13H3;2H,1H2,(H,4,5). The van der Waals surface area contributed by atoms with Gasteiger partial charge in [-0.1, -0.05) is 6.58 Å². The van der Waals surface area contributed by atoms with Gasteiger partial charge in [0.2, 0.25) is 0 Å². The number of carbonyl (C=O) groups is 1. The average Bonchev–Trinajstić information content (AvgIpc) is 2.64. The van der Waals surface area contributed by atoms with Crippen molar-refractivity contribution in [1.29, 1.82) is 0 Å². The second kappa shape index (κ2) is 17.2. The van der Waals surface area contributed by atoms with E-state index < -0.39 is 76.3 Å². The molecule has 3 N–H and O–H groups in total. The van der Waals surface area contributed by atoms with Gasteiger partial charge >= 0.3 is 24.1 Å². The topological polar surface area (TPSA) is 133 Å². The third-order valence-electron chi connectivity index (χ3n) is 3.83. The molecular weight excluding hydrogens is 593 g/mol. The summed E-state index contributed by atoms with van der Waals surface area (Å²) >= 11 is 0. The summed E-state index contributed by atoms with van der Waals surface area (Å²) in [6.07, 6.45) is -0.640. The molecule has 2 unspecified atom stereocenters. The van der Waals surface area contributed by atoms with Crippen molar-refractivity contribution in [3.63, 3.8) is 0 Å². The first-order chi connectivity index (χ1) is 16.8. The molecule has 0 aromatic carbocycles. The fourth-order valence-electron chi connectivity index (χ4n) is 3.08. The molecular formula is C22H56O10Si6. The Kier molecular flexibility index (Phi) is 18.3. The molecule has 0 heterocycles. The zero-order valence-corrected chi connectivity index (χ0v) is 32.2. The highest BCUT2D eigenvalue weighted by atomic mass is 28.5. The summed E-state index contributed by atoms with van der Waals surface area (Å²) in [7, 11) is -12.3. The summed E-state index contributed by atoms with van der Waals surface area (Å²) in [5, 5.41) is 27.6. The number of aliphatic carboxylic acids is 1. The number of hydrogen-bond donors (Lipinski definition) is 3. The summed E-state index contributed by atoms with van der Waals surface area (Å²) in [5.74, 6) is -0.981. The van der Waals surface area contributed by atoms with Crippen LogP contribution in [-0.2, 0) is 30.4 Å². The first kappa shape index (κ1) is 40.3. The van der Waals surface area contributed by atoms with E-state index >= 15 is 0 Å². The molecule has 0 aliphatic rings. The molecule has 2 atom stereocenters. The Morgan fingerprint density at radius 1 is 0.842 bits per heavy atom. The van der Waals surface area contributed by atoms with Crippen LogP contribution in [0.15, 0.2) is 12.7 Å². The molecule has 0 amide bonds. The predicted molar refractivity (Wildman–Crippen MR) is 168 cm³/mol. The molecule has 0 aromatic rings. The number of ether oxygens (including phenoxy) is 1. The van der Waals surface area contributed by atoms with Crippen LogP contribution in [-0.4, -0.2) is 98.3 Å². The second-order valence-corrected chi connectivity index (χ2v) is 36.8. The number of rotatable bonds is 18. The van der Waals surface area contributed by atoms with Gasteiger partial charge in [-0.15, -0.1) is 0 Å². The number of aliphatic hydroxyl groups excluding tert-OH is 2. The van der Waals surface area contributed by atoms with Crippen molar-refractivity contribution in [2.24, 2.45) is 0 Å². The highest BCUT2D eigenvalue weighted by Crippen LogP contribution is 2.25. The number of hydrogen-bond acceptors (Lipinski definition) is 9. The van der Waals surface area contributed by atoms with E-state index in [-0.39, 0.29) is 0 Å². The van der Waals surface area contributed by atoms with Crippen LogP contribution < -0.4 is 0 Å². The van der Waals surface area contributed by atoms with Gasteiger partial charge in [0, 0.05) is 19.2 Å². The Balaban J connectivity index is 0. The highest BCUT2D eigenvalue weighted by molar-refractivity contribution is 6.85. The number of carboxylic acids is 1. The van der Waals surface area contributed by atoms with Gasteiger partial charge in [-0.25, -0.2) is 4.79 Å². The lowest BCUT2D eigenvalue weighted by Gasteiger charge is -2.39. The zero-order chi connectivity index (χ0) is 30.6. The molecule has 0 saturated carbocycles. The average molecular weight is 649 g/mol. The van der Waals surface area contributed by atoms with Crippen LogP contribution in [0.5, 0.6) is 0 Å². The van der Waals surface area contributed by atoms with Gasteiger partial charge in [0.25, 0.3) is 0 Å². The van der Waals surface area contributed by atoms with Crippen LogP contribution in [0.4, 0.5) is 0 Å². The summed E-state index contributed by atoms with van der Waals surface area (Å²) < 4.78 is 37.6. The molecule has 0 aromatic heterocycles. The van der Waals surface area contributed by atoms with Crippen molar-refractivity contribution in [2.45, 2.75) is 110 Å². The van der Waals surface area contributed by atoms with Gasteiger partial charge in [0.15, 0.2) is 39.6 Å². The van der Waals surface area contributed by atoms with Crippen LogP contribution in [0.1, 0.15) is 6.42 Å². The highest BCUT2D eigenvalue weighted by Gasteiger charge is 2.46. The summed E-state index contributed by atoms with van der Waals surface area (Å²) in [4.78, 5) is 9.25. The summed E-state index contributed by atoms with van der Waals surface area (Å²) in [5.41, 5.74) is 0. The van der Waals surface area contributed by atoms with Gasteiger partial charge in [-0.05, 0) is 91.0 Å². The van der Waals surface area contributed by atoms with E-state index in [9.17, 15) is 15.0 Å². The third-order valence-corrected chi connectivity index (χ3v) is 21.0. The minimum atomic E-state index is -3.11. The normalized spacial score (nSPS) is 15.1. The number of carboxylic acid groups (broad SMARTS) is 1. The Morgan fingerprint density at radius 2 is 1.24 bits per heavy atom. The van der Waals surface area contributed by atoms with Crippen LogP contribution in [0.25, 0.3) is 0 Å². The Hall–Kier alpha value is 0.191. The molecule has 10 nitrogen and oxygen atoms in total. The maximum absolute atomic E-state index is 10.4. The van der Waals surface area contributed by atoms with Crippen molar-refractivity contribution < 1.29 is 45.7 Å². The molecule has 0 aliphatic carbocycles. The van der Waals surface area contributed by atoms with E-state index in [4.69, 9.17) is 30.7 Å². The summed E-state index contributed by atoms with van der Waals surface area (Å²) in [6.45, 7) is 30.3. The summed E-state index contributed by atoms with van der Waals surface area (Å²) in [6, 6.07) is 0.821. The smallest absolute Gasteiger partial charge is 0.478 e. The van der Waals surface area contributed by atoms with Crippen LogP contribution in [0.3, 0.4) is 0 Å². The van der Waals surface area contributed by atoms with E-state index in [0.717, 1.165) is 18.5 Å². The predicted octanol–water partition coefficient (Wildman–Crippen LogP) is 4.54. The molecule has 0 spiro atoms. The van der Waals surface area contributed by atoms with E-state index in [2.05, 4.69) is 85.1 Å². The van der Waals surface area contributed by atoms with E-state index in [1.54, 1.807) is 0 Å². The fraction of sp³-hybridized carbons (Fsp3) is 0.864. The largest absolute Gasteiger partial charge is 0.478 e. The van der Waals surface area contributed by atoms with E-state index in [1.165, 1.54) is 0 Å². The van der Waals surface area contributed by atoms with Gasteiger partial charge in [-0.2, -0.15) is 0 Å². The fourth-order valence-corrected chi connectivity index (χ4v) is 21.9. The van der Waals surface area contributed by atoms with E-state index in [0.29, 0.717) is 6.61 Å². The van der Waals surface area contributed by atoms with Gasteiger partial charge in [-0.3, -0.25) is 0 Å². The zero-order valence-electron chi connectivity index (χ0n) is 26.0. The molecule has 228 valence electrons. The quantitative estimate of drug-likeness (QED) is 0.0842. The van der Waals surface area contributed by atoms with Gasteiger partial charge in [0.05, 0.1) is 6.61 Å². The van der Waals surface area contributed by atoms with Crippen molar-refractivity contribution in [3.05, 3.63) is 12.7 Å². The van der Waals surface area contributed by atoms with Crippen molar-refractivity contribution >= 4 is 57.3 Å². The van der Waals surface area contributed by atoms with Gasteiger partial charge < -0.3 is 40.9 Å². The van der Waals surface area contributed by atoms with Crippen molar-refractivity contribution in [3.8, 4) is 0 Å². The first-order valence-corrected chi connectivity index (χ1v) is 30.6. The van der Waals surface area contributed by atoms with Crippen LogP contribution in [0.2, 0.25) is 91.2 Å². The van der Waals surface area contributed by atoms with Gasteiger partial charge in [0.1, 0.15) is 6.10 Å². The molecule has 38 heavy (non-hydrogen) atoms. The lowest BCUT2D eigenvalue weighted by Crippen LogP contribution is -2.58. The first-order valence-electron chi connectivity index (χ1n) is 13.0.